The number of nitrogens with zero attached hydrogens (tertiary/aromatic N) is 1. The van der Waals surface area contributed by atoms with Gasteiger partial charge in [-0.1, -0.05) is 35.3 Å². The first-order valence-electron chi connectivity index (χ1n) is 7.86. The van der Waals surface area contributed by atoms with Gasteiger partial charge in [0, 0.05) is 23.6 Å². The molecule has 3 rings (SSSR count). The van der Waals surface area contributed by atoms with Crippen molar-refractivity contribution in [3.63, 3.8) is 0 Å². The quantitative estimate of drug-likeness (QED) is 0.789. The Bertz CT molecular complexity index is 855. The van der Waals surface area contributed by atoms with E-state index in [0.717, 1.165) is 0 Å². The van der Waals surface area contributed by atoms with E-state index in [1.54, 1.807) is 48.5 Å². The van der Waals surface area contributed by atoms with Crippen LogP contribution in [-0.4, -0.2) is 24.3 Å². The minimum atomic E-state index is -0.579. The predicted octanol–water partition coefficient (Wildman–Crippen LogP) is 2.81. The number of amides is 3. The van der Waals surface area contributed by atoms with Crippen LogP contribution >= 0.6 is 23.2 Å². The zero-order valence-corrected chi connectivity index (χ0v) is 15.1. The zero-order chi connectivity index (χ0) is 18.7. The molecule has 1 heterocycles. The van der Waals surface area contributed by atoms with Gasteiger partial charge in [-0.2, -0.15) is 0 Å². The summed E-state index contributed by atoms with van der Waals surface area (Å²) in [6.45, 7) is 0.200. The third kappa shape index (κ3) is 3.98. The topological polar surface area (TPSA) is 78.5 Å². The Hall–Kier alpha value is -2.57. The van der Waals surface area contributed by atoms with Crippen molar-refractivity contribution >= 4 is 46.6 Å². The van der Waals surface area contributed by atoms with Crippen molar-refractivity contribution in [3.05, 3.63) is 64.1 Å². The van der Waals surface area contributed by atoms with Crippen LogP contribution < -0.4 is 15.8 Å². The molecule has 1 saturated heterocycles. The van der Waals surface area contributed by atoms with Gasteiger partial charge in [0.15, 0.2) is 0 Å². The molecule has 3 amide bonds. The summed E-state index contributed by atoms with van der Waals surface area (Å²) in [7, 11) is 0. The molecule has 1 aliphatic heterocycles. The Balaban J connectivity index is 1.59. The van der Waals surface area contributed by atoms with Gasteiger partial charge in [0.1, 0.15) is 0 Å². The van der Waals surface area contributed by atoms with Gasteiger partial charge in [0.25, 0.3) is 5.91 Å². The Kier molecular flexibility index (Phi) is 5.44. The van der Waals surface area contributed by atoms with Crippen molar-refractivity contribution in [2.24, 2.45) is 5.92 Å². The summed E-state index contributed by atoms with van der Waals surface area (Å²) in [5.41, 5.74) is 5.63. The lowest BCUT2D eigenvalue weighted by molar-refractivity contribution is -0.126. The van der Waals surface area contributed by atoms with Crippen molar-refractivity contribution in [2.75, 3.05) is 11.4 Å². The lowest BCUT2D eigenvalue weighted by atomic mass is 10.1. The number of nitrogens with one attached hydrogen (secondary N) is 2. The van der Waals surface area contributed by atoms with Gasteiger partial charge in [-0.15, -0.1) is 0 Å². The van der Waals surface area contributed by atoms with Crippen LogP contribution in [0.4, 0.5) is 5.69 Å². The van der Waals surface area contributed by atoms with Gasteiger partial charge in [0.05, 0.1) is 16.6 Å². The van der Waals surface area contributed by atoms with Gasteiger partial charge in [-0.25, -0.2) is 0 Å². The monoisotopic (exact) mass is 391 g/mol. The summed E-state index contributed by atoms with van der Waals surface area (Å²) in [6.07, 6.45) is 0.0495. The van der Waals surface area contributed by atoms with Gasteiger partial charge in [-0.05, 0) is 36.4 Å². The molecule has 1 fully saturated rings. The average Bonchev–Trinajstić information content (AvgIpc) is 3.02. The highest BCUT2D eigenvalue weighted by Gasteiger charge is 2.36. The number of anilines is 1. The molecule has 0 radical (unpaired) electrons. The SMILES string of the molecule is O=C(NNC(=O)[C@@H]1CC(=O)N(c2ccccc2Cl)C1)c1ccc(Cl)cc1. The van der Waals surface area contributed by atoms with Crippen LogP contribution in [0.15, 0.2) is 48.5 Å². The number of hydrogen-bond acceptors (Lipinski definition) is 3. The van der Waals surface area contributed by atoms with E-state index in [9.17, 15) is 14.4 Å². The summed E-state index contributed by atoms with van der Waals surface area (Å²) in [5, 5.41) is 0.952. The van der Waals surface area contributed by atoms with E-state index in [1.165, 1.54) is 4.90 Å². The molecule has 0 spiro atoms. The number of para-hydroxylation sites is 1. The zero-order valence-electron chi connectivity index (χ0n) is 13.5. The molecule has 6 nitrogen and oxygen atoms in total. The number of benzene rings is 2. The Labute approximate surface area is 160 Å². The van der Waals surface area contributed by atoms with E-state index in [0.29, 0.717) is 21.3 Å². The number of carbonyl (C=O) groups is 3. The molecule has 0 saturated carbocycles. The normalized spacial score (nSPS) is 16.5. The second-order valence-electron chi connectivity index (χ2n) is 5.81. The average molecular weight is 392 g/mol. The lowest BCUT2D eigenvalue weighted by Gasteiger charge is -2.18. The third-order valence-corrected chi connectivity index (χ3v) is 4.62. The maximum Gasteiger partial charge on any atom is 0.269 e. The molecule has 2 aromatic rings. The Morgan fingerprint density at radius 2 is 1.69 bits per heavy atom. The fourth-order valence-corrected chi connectivity index (χ4v) is 3.04. The Morgan fingerprint density at radius 3 is 2.38 bits per heavy atom. The molecule has 2 aromatic carbocycles. The first kappa shape index (κ1) is 18.2. The van der Waals surface area contributed by atoms with Crippen molar-refractivity contribution in [1.29, 1.82) is 0 Å². The summed E-state index contributed by atoms with van der Waals surface area (Å²) < 4.78 is 0. The minimum absolute atomic E-state index is 0.0495. The molecule has 8 heteroatoms. The highest BCUT2D eigenvalue weighted by atomic mass is 35.5. The Morgan fingerprint density at radius 1 is 1.00 bits per heavy atom. The van der Waals surface area contributed by atoms with E-state index < -0.39 is 17.7 Å². The van der Waals surface area contributed by atoms with E-state index >= 15 is 0 Å². The lowest BCUT2D eigenvalue weighted by Crippen LogP contribution is -2.45. The van der Waals surface area contributed by atoms with Crippen LogP contribution in [0.1, 0.15) is 16.8 Å². The second-order valence-corrected chi connectivity index (χ2v) is 6.65. The number of hydrogen-bond donors (Lipinski definition) is 2. The van der Waals surface area contributed by atoms with E-state index in [-0.39, 0.29) is 18.9 Å². The molecule has 1 aliphatic rings. The molecule has 0 aromatic heterocycles. The first-order valence-corrected chi connectivity index (χ1v) is 8.62. The first-order chi connectivity index (χ1) is 12.5. The van der Waals surface area contributed by atoms with Crippen molar-refractivity contribution in [3.8, 4) is 0 Å². The van der Waals surface area contributed by atoms with Crippen LogP contribution in [0.3, 0.4) is 0 Å². The fourth-order valence-electron chi connectivity index (χ4n) is 2.68. The minimum Gasteiger partial charge on any atom is -0.310 e. The molecule has 134 valence electrons. The van der Waals surface area contributed by atoms with Gasteiger partial charge < -0.3 is 4.90 Å². The third-order valence-electron chi connectivity index (χ3n) is 4.04. The van der Waals surface area contributed by atoms with Crippen molar-refractivity contribution < 1.29 is 14.4 Å². The van der Waals surface area contributed by atoms with E-state index in [1.807, 2.05) is 0 Å². The van der Waals surface area contributed by atoms with E-state index in [2.05, 4.69) is 10.9 Å². The van der Waals surface area contributed by atoms with Crippen LogP contribution in [-0.2, 0) is 9.59 Å². The number of hydrazine groups is 1. The van der Waals surface area contributed by atoms with Gasteiger partial charge in [0.2, 0.25) is 11.8 Å². The van der Waals surface area contributed by atoms with Crippen LogP contribution in [0.2, 0.25) is 10.0 Å². The van der Waals surface area contributed by atoms with Gasteiger partial charge >= 0.3 is 0 Å². The van der Waals surface area contributed by atoms with Crippen LogP contribution in [0, 0.1) is 5.92 Å². The van der Waals surface area contributed by atoms with Crippen molar-refractivity contribution in [1.82, 2.24) is 10.9 Å². The van der Waals surface area contributed by atoms with Crippen LogP contribution in [0.25, 0.3) is 0 Å². The smallest absolute Gasteiger partial charge is 0.269 e. The highest BCUT2D eigenvalue weighted by molar-refractivity contribution is 6.34. The molecule has 0 bridgehead atoms. The van der Waals surface area contributed by atoms with Gasteiger partial charge in [-0.3, -0.25) is 25.2 Å². The highest BCUT2D eigenvalue weighted by Crippen LogP contribution is 2.30. The molecule has 2 N–H and O–H groups in total. The second kappa shape index (κ2) is 7.76. The summed E-state index contributed by atoms with van der Waals surface area (Å²) in [6, 6.07) is 13.2. The number of carbonyl (C=O) groups excluding carboxylic acids is 3. The van der Waals surface area contributed by atoms with E-state index in [4.69, 9.17) is 23.2 Å². The summed E-state index contributed by atoms with van der Waals surface area (Å²) in [5.74, 6) is -1.68. The largest absolute Gasteiger partial charge is 0.310 e. The molecule has 0 unspecified atom stereocenters. The molecule has 26 heavy (non-hydrogen) atoms. The maximum atomic E-state index is 12.3. The molecular formula is C18H15Cl2N3O3. The van der Waals surface area contributed by atoms with Crippen LogP contribution in [0.5, 0.6) is 0 Å². The molecule has 1 atom stereocenters. The number of halogens is 2. The standard InChI is InChI=1S/C18H15Cl2N3O3/c19-13-7-5-11(6-8-13)17(25)21-22-18(26)12-9-16(24)23(10-12)15-4-2-1-3-14(15)20/h1-8,12H,9-10H2,(H,21,25)(H,22,26)/t12-/m1/s1. The predicted molar refractivity (Wildman–Crippen MR) is 99.0 cm³/mol. The maximum absolute atomic E-state index is 12.3. The number of rotatable bonds is 3. The molecule has 0 aliphatic carbocycles. The molecular weight excluding hydrogens is 377 g/mol. The summed E-state index contributed by atoms with van der Waals surface area (Å²) >= 11 is 11.9. The fraction of sp³-hybridized carbons (Fsp3) is 0.167. The van der Waals surface area contributed by atoms with Crippen molar-refractivity contribution in [2.45, 2.75) is 6.42 Å². The summed E-state index contributed by atoms with van der Waals surface area (Å²) in [4.78, 5) is 38.0.